The topological polar surface area (TPSA) is 91.7 Å². The largest absolute Gasteiger partial charge is 0.507 e. The van der Waals surface area contributed by atoms with Crippen molar-refractivity contribution in [1.29, 1.82) is 0 Å². The lowest BCUT2D eigenvalue weighted by Gasteiger charge is -2.20. The molecule has 208 valence electrons. The van der Waals surface area contributed by atoms with Gasteiger partial charge in [-0.3, -0.25) is 14.6 Å². The van der Waals surface area contributed by atoms with Crippen LogP contribution in [0.1, 0.15) is 67.3 Å². The minimum Gasteiger partial charge on any atom is -0.507 e. The van der Waals surface area contributed by atoms with Crippen molar-refractivity contribution in [3.63, 3.8) is 0 Å². The number of nitrogens with zero attached hydrogens (tertiary/aromatic N) is 3. The fraction of sp³-hybridized carbons (Fsp3) is 0.406. The SMILES string of the molecule is COc1cc2c(cc1OCCCCCC(=O)N1CC(C)c3c1cc(O)c1ccccc31)N=C[C@@H]1CCCN1C2=O. The highest BCUT2D eigenvalue weighted by atomic mass is 16.5. The van der Waals surface area contributed by atoms with Gasteiger partial charge in [0.05, 0.1) is 36.7 Å². The van der Waals surface area contributed by atoms with E-state index in [1.165, 1.54) is 0 Å². The van der Waals surface area contributed by atoms with Crippen LogP contribution in [0.25, 0.3) is 10.8 Å². The van der Waals surface area contributed by atoms with Gasteiger partial charge in [-0.2, -0.15) is 0 Å². The summed E-state index contributed by atoms with van der Waals surface area (Å²) in [5.41, 5.74) is 3.12. The highest BCUT2D eigenvalue weighted by molar-refractivity contribution is 6.04. The summed E-state index contributed by atoms with van der Waals surface area (Å²) >= 11 is 0. The molecule has 3 aliphatic heterocycles. The van der Waals surface area contributed by atoms with Gasteiger partial charge in [0, 0.05) is 49.2 Å². The molecule has 0 aliphatic carbocycles. The summed E-state index contributed by atoms with van der Waals surface area (Å²) in [4.78, 5) is 34.5. The first-order valence-corrected chi connectivity index (χ1v) is 14.2. The molecule has 6 rings (SSSR count). The Balaban J connectivity index is 1.04. The Kier molecular flexibility index (Phi) is 7.09. The number of amides is 2. The van der Waals surface area contributed by atoms with Crippen molar-refractivity contribution in [2.45, 2.75) is 57.4 Å². The van der Waals surface area contributed by atoms with Crippen LogP contribution < -0.4 is 14.4 Å². The Morgan fingerprint density at radius 2 is 1.93 bits per heavy atom. The number of rotatable bonds is 8. The number of fused-ring (bicyclic) bond motifs is 5. The minimum atomic E-state index is -0.0112. The molecule has 1 fully saturated rings. The zero-order valence-electron chi connectivity index (χ0n) is 23.1. The van der Waals surface area contributed by atoms with Crippen LogP contribution in [0.3, 0.4) is 0 Å². The zero-order chi connectivity index (χ0) is 27.8. The molecule has 2 atom stereocenters. The number of benzene rings is 3. The van der Waals surface area contributed by atoms with Gasteiger partial charge < -0.3 is 24.4 Å². The standard InChI is InChI=1S/C32H35N3O5/c1-20-19-35(26-17-27(36)22-10-5-6-11-23(22)31(20)26)30(37)12-4-3-7-14-40-29-16-25-24(15-28(29)39-2)32(38)34-13-8-9-21(34)18-33-25/h5-6,10-11,15-18,20-21,36H,3-4,7-9,12-14,19H2,1-2H3/t20?,21-/m0/s1. The first-order valence-electron chi connectivity index (χ1n) is 14.2. The van der Waals surface area contributed by atoms with Crippen LogP contribution in [0.4, 0.5) is 11.4 Å². The number of carbonyl (C=O) groups is 2. The maximum absolute atomic E-state index is 13.2. The Morgan fingerprint density at radius 1 is 1.10 bits per heavy atom. The van der Waals surface area contributed by atoms with E-state index in [2.05, 4.69) is 11.9 Å². The van der Waals surface area contributed by atoms with Crippen molar-refractivity contribution in [3.05, 3.63) is 53.6 Å². The van der Waals surface area contributed by atoms with Crippen molar-refractivity contribution in [2.24, 2.45) is 4.99 Å². The van der Waals surface area contributed by atoms with Crippen molar-refractivity contribution in [1.82, 2.24) is 4.90 Å². The number of phenolic OH excluding ortho intramolecular Hbond substituents is 1. The monoisotopic (exact) mass is 541 g/mol. The lowest BCUT2D eigenvalue weighted by atomic mass is 9.95. The number of phenols is 1. The van der Waals surface area contributed by atoms with Gasteiger partial charge in [0.1, 0.15) is 5.75 Å². The van der Waals surface area contributed by atoms with E-state index >= 15 is 0 Å². The number of carbonyl (C=O) groups excluding carboxylic acids is 2. The second kappa shape index (κ2) is 10.8. The normalized spacial score (nSPS) is 19.4. The summed E-state index contributed by atoms with van der Waals surface area (Å²) in [5, 5.41) is 12.4. The van der Waals surface area contributed by atoms with E-state index < -0.39 is 0 Å². The van der Waals surface area contributed by atoms with E-state index in [4.69, 9.17) is 9.47 Å². The van der Waals surface area contributed by atoms with Crippen molar-refractivity contribution >= 4 is 40.2 Å². The molecule has 0 saturated carbocycles. The molecular weight excluding hydrogens is 506 g/mol. The third-order valence-corrected chi connectivity index (χ3v) is 8.33. The Morgan fingerprint density at radius 3 is 2.75 bits per heavy atom. The maximum Gasteiger partial charge on any atom is 0.256 e. The van der Waals surface area contributed by atoms with E-state index in [9.17, 15) is 14.7 Å². The summed E-state index contributed by atoms with van der Waals surface area (Å²) in [5.74, 6) is 1.58. The third kappa shape index (κ3) is 4.65. The average Bonchev–Trinajstić information content (AvgIpc) is 3.54. The van der Waals surface area contributed by atoms with Crippen LogP contribution in [0.2, 0.25) is 0 Å². The first kappa shape index (κ1) is 26.2. The number of aliphatic imine (C=N–C) groups is 1. The molecule has 3 heterocycles. The number of unbranched alkanes of at least 4 members (excludes halogenated alkanes) is 2. The highest BCUT2D eigenvalue weighted by Gasteiger charge is 2.33. The fourth-order valence-electron chi connectivity index (χ4n) is 6.30. The van der Waals surface area contributed by atoms with Gasteiger partial charge in [0.25, 0.3) is 5.91 Å². The molecule has 8 heteroatoms. The predicted molar refractivity (Wildman–Crippen MR) is 156 cm³/mol. The van der Waals surface area contributed by atoms with E-state index in [-0.39, 0.29) is 29.5 Å². The van der Waals surface area contributed by atoms with Crippen LogP contribution >= 0.6 is 0 Å². The molecule has 0 spiro atoms. The Bertz CT molecular complexity index is 1500. The summed E-state index contributed by atoms with van der Waals surface area (Å²) in [6.07, 6.45) is 6.61. The second-order valence-electron chi connectivity index (χ2n) is 10.9. The van der Waals surface area contributed by atoms with E-state index in [1.54, 1.807) is 25.3 Å². The van der Waals surface area contributed by atoms with Crippen molar-refractivity contribution in [2.75, 3.05) is 31.7 Å². The molecule has 1 saturated heterocycles. The average molecular weight is 542 g/mol. The van der Waals surface area contributed by atoms with Gasteiger partial charge in [-0.1, -0.05) is 31.2 Å². The number of hydrogen-bond donors (Lipinski definition) is 1. The van der Waals surface area contributed by atoms with E-state index in [1.807, 2.05) is 40.3 Å². The maximum atomic E-state index is 13.2. The van der Waals surface area contributed by atoms with Crippen LogP contribution in [0, 0.1) is 0 Å². The van der Waals surface area contributed by atoms with Gasteiger partial charge in [-0.15, -0.1) is 0 Å². The second-order valence-corrected chi connectivity index (χ2v) is 10.9. The molecule has 1 unspecified atom stereocenters. The Hall–Kier alpha value is -4.07. The number of methoxy groups -OCH3 is 1. The van der Waals surface area contributed by atoms with Gasteiger partial charge in [-0.25, -0.2) is 0 Å². The summed E-state index contributed by atoms with van der Waals surface area (Å²) in [7, 11) is 1.57. The van der Waals surface area contributed by atoms with Crippen molar-refractivity contribution < 1.29 is 24.2 Å². The van der Waals surface area contributed by atoms with E-state index in [0.29, 0.717) is 42.3 Å². The van der Waals surface area contributed by atoms with Crippen LogP contribution in [-0.4, -0.2) is 60.9 Å². The summed E-state index contributed by atoms with van der Waals surface area (Å²) in [6.45, 7) is 3.99. The molecule has 3 aromatic carbocycles. The summed E-state index contributed by atoms with van der Waals surface area (Å²) in [6, 6.07) is 13.1. The van der Waals surface area contributed by atoms with Crippen molar-refractivity contribution in [3.8, 4) is 17.2 Å². The quantitative estimate of drug-likeness (QED) is 0.355. The van der Waals surface area contributed by atoms with Crippen LogP contribution in [-0.2, 0) is 4.79 Å². The highest BCUT2D eigenvalue weighted by Crippen LogP contribution is 2.45. The summed E-state index contributed by atoms with van der Waals surface area (Å²) < 4.78 is 11.6. The van der Waals surface area contributed by atoms with Crippen LogP contribution in [0.5, 0.6) is 17.2 Å². The van der Waals surface area contributed by atoms with Gasteiger partial charge >= 0.3 is 0 Å². The number of hydrogen-bond acceptors (Lipinski definition) is 6. The Labute approximate surface area is 234 Å². The molecule has 1 N–H and O–H groups in total. The van der Waals surface area contributed by atoms with Gasteiger partial charge in [-0.05, 0) is 49.1 Å². The number of anilines is 1. The third-order valence-electron chi connectivity index (χ3n) is 8.33. The molecule has 3 aliphatic rings. The minimum absolute atomic E-state index is 0.0112. The van der Waals surface area contributed by atoms with Gasteiger partial charge in [0.2, 0.25) is 5.91 Å². The molecule has 0 radical (unpaired) electrons. The smallest absolute Gasteiger partial charge is 0.256 e. The molecule has 40 heavy (non-hydrogen) atoms. The van der Waals surface area contributed by atoms with E-state index in [0.717, 1.165) is 60.7 Å². The molecule has 3 aromatic rings. The molecule has 8 nitrogen and oxygen atoms in total. The lowest BCUT2D eigenvalue weighted by Crippen LogP contribution is -2.35. The van der Waals surface area contributed by atoms with Gasteiger partial charge in [0.15, 0.2) is 11.5 Å². The molecule has 0 bridgehead atoms. The first-order chi connectivity index (χ1) is 19.5. The number of ether oxygens (including phenoxy) is 2. The molecular formula is C32H35N3O5. The lowest BCUT2D eigenvalue weighted by molar-refractivity contribution is -0.118. The molecule has 0 aromatic heterocycles. The zero-order valence-corrected chi connectivity index (χ0v) is 23.1. The van der Waals surface area contributed by atoms with Crippen LogP contribution in [0.15, 0.2) is 47.5 Å². The fourth-order valence-corrected chi connectivity index (χ4v) is 6.30. The predicted octanol–water partition coefficient (Wildman–Crippen LogP) is 5.96. The molecule has 2 amide bonds. The number of aromatic hydroxyl groups is 1.